The number of hydrogen-bond donors (Lipinski definition) is 1. The molecule has 1 saturated heterocycles. The summed E-state index contributed by atoms with van der Waals surface area (Å²) in [5, 5.41) is 2.46. The van der Waals surface area contributed by atoms with E-state index in [9.17, 15) is 9.59 Å². The summed E-state index contributed by atoms with van der Waals surface area (Å²) in [7, 11) is 0. The lowest BCUT2D eigenvalue weighted by Crippen LogP contribution is -2.49. The van der Waals surface area contributed by atoms with Crippen LogP contribution in [0.15, 0.2) is 0 Å². The van der Waals surface area contributed by atoms with Crippen LogP contribution in [0.1, 0.15) is 47.5 Å². The van der Waals surface area contributed by atoms with Crippen molar-refractivity contribution in [2.75, 3.05) is 0 Å². The van der Waals surface area contributed by atoms with Gasteiger partial charge in [-0.3, -0.25) is 14.9 Å². The first-order valence-corrected chi connectivity index (χ1v) is 6.05. The molecule has 1 aliphatic heterocycles. The molecule has 0 bridgehead atoms. The van der Waals surface area contributed by atoms with Gasteiger partial charge in [-0.05, 0) is 23.7 Å². The van der Waals surface area contributed by atoms with Gasteiger partial charge in [-0.1, -0.05) is 34.6 Å². The minimum Gasteiger partial charge on any atom is -0.296 e. The SMILES string of the molecule is CC(C)CC1C(=O)NC(=O)CC1C(C)(C)C. The number of carbonyl (C=O) groups is 2. The molecule has 0 spiro atoms. The summed E-state index contributed by atoms with van der Waals surface area (Å²) in [5.74, 6) is 0.428. The molecule has 0 aromatic heterocycles. The van der Waals surface area contributed by atoms with E-state index in [4.69, 9.17) is 0 Å². The molecule has 0 aromatic rings. The van der Waals surface area contributed by atoms with E-state index >= 15 is 0 Å². The van der Waals surface area contributed by atoms with Crippen LogP contribution in [0.5, 0.6) is 0 Å². The van der Waals surface area contributed by atoms with Crippen LogP contribution in [0.4, 0.5) is 0 Å². The summed E-state index contributed by atoms with van der Waals surface area (Å²) in [4.78, 5) is 23.3. The van der Waals surface area contributed by atoms with Crippen LogP contribution in [0.2, 0.25) is 0 Å². The van der Waals surface area contributed by atoms with E-state index < -0.39 is 0 Å². The average molecular weight is 225 g/mol. The second-order valence-corrected chi connectivity index (χ2v) is 6.33. The maximum atomic E-state index is 11.9. The molecule has 2 amide bonds. The molecule has 1 rings (SSSR count). The first-order chi connectivity index (χ1) is 7.21. The molecular weight excluding hydrogens is 202 g/mol. The summed E-state index contributed by atoms with van der Waals surface area (Å²) >= 11 is 0. The highest BCUT2D eigenvalue weighted by atomic mass is 16.2. The van der Waals surface area contributed by atoms with Gasteiger partial charge in [-0.2, -0.15) is 0 Å². The van der Waals surface area contributed by atoms with E-state index in [0.29, 0.717) is 12.3 Å². The lowest BCUT2D eigenvalue weighted by molar-refractivity contribution is -0.142. The largest absolute Gasteiger partial charge is 0.296 e. The molecule has 2 atom stereocenters. The maximum Gasteiger partial charge on any atom is 0.229 e. The molecule has 3 nitrogen and oxygen atoms in total. The monoisotopic (exact) mass is 225 g/mol. The Morgan fingerprint density at radius 3 is 2.31 bits per heavy atom. The predicted octanol–water partition coefficient (Wildman–Crippen LogP) is 2.36. The smallest absolute Gasteiger partial charge is 0.229 e. The van der Waals surface area contributed by atoms with Crippen LogP contribution in [0.25, 0.3) is 0 Å². The molecule has 1 aliphatic rings. The van der Waals surface area contributed by atoms with Crippen molar-refractivity contribution in [1.82, 2.24) is 5.32 Å². The molecule has 1 heterocycles. The van der Waals surface area contributed by atoms with Gasteiger partial charge < -0.3 is 0 Å². The number of carbonyl (C=O) groups excluding carboxylic acids is 2. The number of amides is 2. The Morgan fingerprint density at radius 1 is 1.31 bits per heavy atom. The molecule has 0 saturated carbocycles. The van der Waals surface area contributed by atoms with Gasteiger partial charge in [0, 0.05) is 12.3 Å². The van der Waals surface area contributed by atoms with Crippen molar-refractivity contribution in [3.8, 4) is 0 Å². The zero-order valence-electron chi connectivity index (χ0n) is 11.0. The number of hydrogen-bond acceptors (Lipinski definition) is 2. The normalized spacial score (nSPS) is 27.1. The average Bonchev–Trinajstić information content (AvgIpc) is 2.06. The van der Waals surface area contributed by atoms with Crippen LogP contribution in [0, 0.1) is 23.2 Å². The second kappa shape index (κ2) is 4.56. The Bertz CT molecular complexity index is 289. The molecule has 2 unspecified atom stereocenters. The highest BCUT2D eigenvalue weighted by Crippen LogP contribution is 2.39. The third-order valence-corrected chi connectivity index (χ3v) is 3.33. The highest BCUT2D eigenvalue weighted by Gasteiger charge is 2.41. The fraction of sp³-hybridized carbons (Fsp3) is 0.846. The Hall–Kier alpha value is -0.860. The van der Waals surface area contributed by atoms with Crippen LogP contribution in [0.3, 0.4) is 0 Å². The summed E-state index contributed by atoms with van der Waals surface area (Å²) in [5.41, 5.74) is 0.00692. The molecule has 1 fully saturated rings. The van der Waals surface area contributed by atoms with Crippen molar-refractivity contribution in [1.29, 1.82) is 0 Å². The third-order valence-electron chi connectivity index (χ3n) is 3.33. The predicted molar refractivity (Wildman–Crippen MR) is 63.7 cm³/mol. The maximum absolute atomic E-state index is 11.9. The summed E-state index contributed by atoms with van der Waals surface area (Å²) in [6.07, 6.45) is 1.34. The van der Waals surface area contributed by atoms with Crippen molar-refractivity contribution in [3.63, 3.8) is 0 Å². The number of piperidine rings is 1. The molecule has 16 heavy (non-hydrogen) atoms. The van der Waals surface area contributed by atoms with Gasteiger partial charge in [0.25, 0.3) is 0 Å². The highest BCUT2D eigenvalue weighted by molar-refractivity contribution is 5.99. The van der Waals surface area contributed by atoms with E-state index in [1.165, 1.54) is 0 Å². The Morgan fingerprint density at radius 2 is 1.88 bits per heavy atom. The van der Waals surface area contributed by atoms with Crippen molar-refractivity contribution >= 4 is 11.8 Å². The molecule has 0 aromatic carbocycles. The van der Waals surface area contributed by atoms with E-state index in [1.54, 1.807) is 0 Å². The van der Waals surface area contributed by atoms with Gasteiger partial charge in [0.1, 0.15) is 0 Å². The molecule has 1 N–H and O–H groups in total. The quantitative estimate of drug-likeness (QED) is 0.733. The summed E-state index contributed by atoms with van der Waals surface area (Å²) in [6, 6.07) is 0. The number of imide groups is 1. The molecule has 0 aliphatic carbocycles. The Kier molecular flexibility index (Phi) is 3.76. The van der Waals surface area contributed by atoms with Crippen molar-refractivity contribution in [3.05, 3.63) is 0 Å². The number of rotatable bonds is 2. The fourth-order valence-corrected chi connectivity index (χ4v) is 2.49. The topological polar surface area (TPSA) is 46.2 Å². The standard InChI is InChI=1S/C13H23NO2/c1-8(2)6-9-10(13(3,4)5)7-11(15)14-12(9)16/h8-10H,6-7H2,1-5H3,(H,14,15,16). The fourth-order valence-electron chi connectivity index (χ4n) is 2.49. The second-order valence-electron chi connectivity index (χ2n) is 6.33. The van der Waals surface area contributed by atoms with Crippen molar-refractivity contribution in [2.45, 2.75) is 47.5 Å². The summed E-state index contributed by atoms with van der Waals surface area (Å²) in [6.45, 7) is 10.6. The van der Waals surface area contributed by atoms with Gasteiger partial charge in [0.15, 0.2) is 0 Å². The summed E-state index contributed by atoms with van der Waals surface area (Å²) < 4.78 is 0. The van der Waals surface area contributed by atoms with Gasteiger partial charge >= 0.3 is 0 Å². The molecule has 0 radical (unpaired) electrons. The molecule has 92 valence electrons. The van der Waals surface area contributed by atoms with Gasteiger partial charge in [0.2, 0.25) is 11.8 Å². The Balaban J connectivity index is 2.89. The first-order valence-electron chi connectivity index (χ1n) is 6.05. The van der Waals surface area contributed by atoms with Gasteiger partial charge in [0.05, 0.1) is 0 Å². The molecule has 3 heteroatoms. The van der Waals surface area contributed by atoms with Crippen LogP contribution < -0.4 is 5.32 Å². The van der Waals surface area contributed by atoms with Crippen LogP contribution >= 0.6 is 0 Å². The zero-order valence-corrected chi connectivity index (χ0v) is 11.0. The van der Waals surface area contributed by atoms with E-state index in [2.05, 4.69) is 39.9 Å². The lowest BCUT2D eigenvalue weighted by Gasteiger charge is -2.39. The Labute approximate surface area is 98.0 Å². The van der Waals surface area contributed by atoms with Crippen molar-refractivity contribution in [2.24, 2.45) is 23.2 Å². The van der Waals surface area contributed by atoms with Crippen LogP contribution in [-0.4, -0.2) is 11.8 Å². The van der Waals surface area contributed by atoms with Crippen LogP contribution in [-0.2, 0) is 9.59 Å². The molecular formula is C13H23NO2. The van der Waals surface area contributed by atoms with Gasteiger partial charge in [-0.15, -0.1) is 0 Å². The third kappa shape index (κ3) is 3.06. The minimum absolute atomic E-state index is 0.00692. The van der Waals surface area contributed by atoms with Gasteiger partial charge in [-0.25, -0.2) is 0 Å². The minimum atomic E-state index is -0.120. The van der Waals surface area contributed by atoms with E-state index in [1.807, 2.05) is 0 Å². The zero-order chi connectivity index (χ0) is 12.5. The van der Waals surface area contributed by atoms with Crippen molar-refractivity contribution < 1.29 is 9.59 Å². The first kappa shape index (κ1) is 13.2. The van der Waals surface area contributed by atoms with E-state index in [0.717, 1.165) is 6.42 Å². The van der Waals surface area contributed by atoms with E-state index in [-0.39, 0.29) is 29.1 Å². The lowest BCUT2D eigenvalue weighted by atomic mass is 9.67. The number of nitrogens with one attached hydrogen (secondary N) is 1.